The Labute approximate surface area is 119 Å². The lowest BCUT2D eigenvalue weighted by Gasteiger charge is -2.07. The number of esters is 1. The molecule has 0 amide bonds. The molecule has 0 aliphatic rings. The van der Waals surface area contributed by atoms with Crippen LogP contribution < -0.4 is 5.32 Å². The molecule has 1 N–H and O–H groups in total. The van der Waals surface area contributed by atoms with E-state index in [-0.39, 0.29) is 16.9 Å². The molecular weight excluding hydrogens is 280 g/mol. The summed E-state index contributed by atoms with van der Waals surface area (Å²) in [5.74, 6) is -0.0830. The predicted octanol–water partition coefficient (Wildman–Crippen LogP) is 1.42. The Morgan fingerprint density at radius 3 is 2.95 bits per heavy atom. The number of benzene rings is 1. The van der Waals surface area contributed by atoms with E-state index in [1.165, 1.54) is 31.7 Å². The molecule has 0 spiro atoms. The van der Waals surface area contributed by atoms with Gasteiger partial charge in [-0.2, -0.15) is 4.98 Å². The molecule has 0 atom stereocenters. The molecule has 0 unspecified atom stereocenters. The van der Waals surface area contributed by atoms with Gasteiger partial charge in [0.15, 0.2) is 5.82 Å². The average Bonchev–Trinajstić information content (AvgIpc) is 2.99. The van der Waals surface area contributed by atoms with Crippen LogP contribution in [-0.2, 0) is 11.2 Å². The third-order valence-corrected chi connectivity index (χ3v) is 2.69. The van der Waals surface area contributed by atoms with Gasteiger partial charge in [0, 0.05) is 19.0 Å². The molecule has 0 saturated heterocycles. The van der Waals surface area contributed by atoms with E-state index in [4.69, 9.17) is 0 Å². The molecule has 0 radical (unpaired) electrons. The maximum Gasteiger partial charge on any atom is 0.337 e. The Kier molecular flexibility index (Phi) is 4.44. The smallest absolute Gasteiger partial charge is 0.337 e. The number of anilines is 1. The minimum atomic E-state index is -0.564. The molecule has 0 aliphatic heterocycles. The Bertz CT molecular complexity index is 641. The van der Waals surface area contributed by atoms with Crippen molar-refractivity contribution >= 4 is 17.3 Å². The molecule has 1 heterocycles. The Morgan fingerprint density at radius 2 is 2.33 bits per heavy atom. The molecular formula is C12H12N4O5. The number of nitro benzene ring substituents is 1. The highest BCUT2D eigenvalue weighted by Crippen LogP contribution is 2.25. The molecule has 2 rings (SSSR count). The number of carbonyl (C=O) groups excluding carboxylic acids is 1. The zero-order valence-corrected chi connectivity index (χ0v) is 11.1. The molecule has 9 heteroatoms. The lowest BCUT2D eigenvalue weighted by Crippen LogP contribution is -2.09. The first-order chi connectivity index (χ1) is 10.1. The van der Waals surface area contributed by atoms with E-state index < -0.39 is 10.9 Å². The topological polar surface area (TPSA) is 120 Å². The van der Waals surface area contributed by atoms with E-state index in [2.05, 4.69) is 24.7 Å². The molecule has 0 fully saturated rings. The normalized spacial score (nSPS) is 10.1. The van der Waals surface area contributed by atoms with Crippen LogP contribution in [0.2, 0.25) is 0 Å². The van der Waals surface area contributed by atoms with Gasteiger partial charge in [-0.15, -0.1) is 0 Å². The van der Waals surface area contributed by atoms with Crippen LogP contribution in [0, 0.1) is 10.1 Å². The summed E-state index contributed by atoms with van der Waals surface area (Å²) in [6, 6.07) is 3.97. The van der Waals surface area contributed by atoms with Crippen LogP contribution >= 0.6 is 0 Å². The number of nitro groups is 1. The number of nitrogens with zero attached hydrogens (tertiary/aromatic N) is 3. The summed E-state index contributed by atoms with van der Waals surface area (Å²) >= 11 is 0. The maximum absolute atomic E-state index is 11.5. The molecule has 2 aromatic rings. The quantitative estimate of drug-likeness (QED) is 0.482. The zero-order chi connectivity index (χ0) is 15.2. The van der Waals surface area contributed by atoms with Crippen molar-refractivity contribution in [2.75, 3.05) is 19.0 Å². The highest BCUT2D eigenvalue weighted by atomic mass is 16.6. The fourth-order valence-electron chi connectivity index (χ4n) is 1.69. The van der Waals surface area contributed by atoms with E-state index in [1.54, 1.807) is 0 Å². The monoisotopic (exact) mass is 292 g/mol. The molecule has 0 saturated carbocycles. The minimum Gasteiger partial charge on any atom is -0.465 e. The van der Waals surface area contributed by atoms with Gasteiger partial charge in [-0.3, -0.25) is 10.1 Å². The number of carbonyl (C=O) groups is 1. The third-order valence-electron chi connectivity index (χ3n) is 2.69. The van der Waals surface area contributed by atoms with E-state index in [0.717, 1.165) is 0 Å². The SMILES string of the molecule is COC(=O)c1ccc([N+](=O)[O-])c(NCCc2ncon2)c1. The summed E-state index contributed by atoms with van der Waals surface area (Å²) < 4.78 is 9.17. The van der Waals surface area contributed by atoms with Gasteiger partial charge in [0.25, 0.3) is 5.69 Å². The van der Waals surface area contributed by atoms with Gasteiger partial charge >= 0.3 is 5.97 Å². The average molecular weight is 292 g/mol. The Hall–Kier alpha value is -2.97. The number of hydrogen-bond donors (Lipinski definition) is 1. The van der Waals surface area contributed by atoms with Crippen molar-refractivity contribution in [1.29, 1.82) is 0 Å². The number of ether oxygens (including phenoxy) is 1. The third kappa shape index (κ3) is 3.53. The van der Waals surface area contributed by atoms with Gasteiger partial charge in [0.1, 0.15) is 5.69 Å². The van der Waals surface area contributed by atoms with Gasteiger partial charge in [-0.1, -0.05) is 5.16 Å². The summed E-state index contributed by atoms with van der Waals surface area (Å²) in [7, 11) is 1.24. The summed E-state index contributed by atoms with van der Waals surface area (Å²) in [5.41, 5.74) is 0.326. The van der Waals surface area contributed by atoms with Crippen LogP contribution in [0.3, 0.4) is 0 Å². The van der Waals surface area contributed by atoms with Gasteiger partial charge in [0.05, 0.1) is 17.6 Å². The molecule has 1 aromatic carbocycles. The second kappa shape index (κ2) is 6.46. The lowest BCUT2D eigenvalue weighted by molar-refractivity contribution is -0.384. The summed E-state index contributed by atoms with van der Waals surface area (Å²) in [6.45, 7) is 0.352. The number of nitrogens with one attached hydrogen (secondary N) is 1. The van der Waals surface area contributed by atoms with Crippen molar-refractivity contribution < 1.29 is 19.0 Å². The van der Waals surface area contributed by atoms with Crippen molar-refractivity contribution in [3.63, 3.8) is 0 Å². The Morgan fingerprint density at radius 1 is 1.52 bits per heavy atom. The number of hydrogen-bond acceptors (Lipinski definition) is 8. The minimum absolute atomic E-state index is 0.129. The Balaban J connectivity index is 2.14. The van der Waals surface area contributed by atoms with Crippen LogP contribution in [0.4, 0.5) is 11.4 Å². The number of methoxy groups -OCH3 is 1. The fourth-order valence-corrected chi connectivity index (χ4v) is 1.69. The number of aromatic nitrogens is 2. The maximum atomic E-state index is 11.5. The summed E-state index contributed by atoms with van der Waals surface area (Å²) in [4.78, 5) is 25.7. The highest BCUT2D eigenvalue weighted by Gasteiger charge is 2.17. The molecule has 0 aliphatic carbocycles. The second-order valence-corrected chi connectivity index (χ2v) is 4.00. The van der Waals surface area contributed by atoms with Crippen LogP contribution in [0.5, 0.6) is 0 Å². The molecule has 21 heavy (non-hydrogen) atoms. The van der Waals surface area contributed by atoms with Gasteiger partial charge in [-0.05, 0) is 12.1 Å². The highest BCUT2D eigenvalue weighted by molar-refractivity contribution is 5.91. The van der Waals surface area contributed by atoms with Crippen molar-refractivity contribution in [3.05, 3.63) is 46.1 Å². The first kappa shape index (κ1) is 14.4. The van der Waals surface area contributed by atoms with Crippen LogP contribution in [0.25, 0.3) is 0 Å². The predicted molar refractivity (Wildman–Crippen MR) is 70.9 cm³/mol. The van der Waals surface area contributed by atoms with E-state index in [9.17, 15) is 14.9 Å². The first-order valence-corrected chi connectivity index (χ1v) is 5.97. The molecule has 0 bridgehead atoms. The van der Waals surface area contributed by atoms with Crippen LogP contribution in [0.1, 0.15) is 16.2 Å². The van der Waals surface area contributed by atoms with Crippen molar-refractivity contribution in [2.45, 2.75) is 6.42 Å². The second-order valence-electron chi connectivity index (χ2n) is 4.00. The van der Waals surface area contributed by atoms with Crippen LogP contribution in [0.15, 0.2) is 29.1 Å². The van der Waals surface area contributed by atoms with E-state index in [0.29, 0.717) is 18.8 Å². The van der Waals surface area contributed by atoms with Crippen molar-refractivity contribution in [1.82, 2.24) is 10.1 Å². The van der Waals surface area contributed by atoms with E-state index in [1.807, 2.05) is 0 Å². The van der Waals surface area contributed by atoms with E-state index >= 15 is 0 Å². The first-order valence-electron chi connectivity index (χ1n) is 5.97. The van der Waals surface area contributed by atoms with Gasteiger partial charge in [-0.25, -0.2) is 4.79 Å². The summed E-state index contributed by atoms with van der Waals surface area (Å²) in [5, 5.41) is 17.5. The zero-order valence-electron chi connectivity index (χ0n) is 11.1. The lowest BCUT2D eigenvalue weighted by atomic mass is 10.1. The standard InChI is InChI=1S/C12H12N4O5/c1-20-12(17)8-2-3-10(16(18)19)9(6-8)13-5-4-11-14-7-21-15-11/h2-3,6-7,13H,4-5H2,1H3. The van der Waals surface area contributed by atoms with Crippen molar-refractivity contribution in [3.8, 4) is 0 Å². The molecule has 9 nitrogen and oxygen atoms in total. The van der Waals surface area contributed by atoms with Crippen molar-refractivity contribution in [2.24, 2.45) is 0 Å². The largest absolute Gasteiger partial charge is 0.465 e. The molecule has 1 aromatic heterocycles. The fraction of sp³-hybridized carbons (Fsp3) is 0.250. The van der Waals surface area contributed by atoms with Gasteiger partial charge in [0.2, 0.25) is 6.39 Å². The van der Waals surface area contributed by atoms with Crippen LogP contribution in [-0.4, -0.2) is 34.7 Å². The summed E-state index contributed by atoms with van der Waals surface area (Å²) in [6.07, 6.45) is 1.63. The number of rotatable bonds is 6. The van der Waals surface area contributed by atoms with Gasteiger partial charge < -0.3 is 14.6 Å². The molecule has 110 valence electrons.